The van der Waals surface area contributed by atoms with Crippen molar-refractivity contribution in [3.63, 3.8) is 0 Å². The average Bonchev–Trinajstić information content (AvgIpc) is 3.01. The standard InChI is InChI=1S/C15H10F3N3OS3/c1-21-13(24-8-5-3-2-4-6-8)9(11(20-21)15(16,17)18)7-10-12(22)19-14(23)25-10/h2-7H,1H3,(H,19,22,23)/b10-7-. The van der Waals surface area contributed by atoms with Crippen molar-refractivity contribution in [2.24, 2.45) is 7.05 Å². The molecule has 0 saturated carbocycles. The van der Waals surface area contributed by atoms with Gasteiger partial charge in [-0.2, -0.15) is 18.3 Å². The van der Waals surface area contributed by atoms with Gasteiger partial charge in [0.2, 0.25) is 0 Å². The molecule has 1 N–H and O–H groups in total. The number of alkyl halides is 3. The predicted molar refractivity (Wildman–Crippen MR) is 95.1 cm³/mol. The van der Waals surface area contributed by atoms with E-state index in [-0.39, 0.29) is 19.8 Å². The minimum atomic E-state index is -4.64. The number of benzene rings is 1. The van der Waals surface area contributed by atoms with E-state index in [1.807, 2.05) is 6.07 Å². The average molecular weight is 401 g/mol. The second-order valence-corrected chi connectivity index (χ2v) is 7.74. The van der Waals surface area contributed by atoms with E-state index in [0.29, 0.717) is 0 Å². The third-order valence-corrected chi connectivity index (χ3v) is 5.52. The third kappa shape index (κ3) is 3.91. The van der Waals surface area contributed by atoms with Crippen LogP contribution in [0.4, 0.5) is 13.2 Å². The summed E-state index contributed by atoms with van der Waals surface area (Å²) in [5, 5.41) is 6.30. The summed E-state index contributed by atoms with van der Waals surface area (Å²) in [5.74, 6) is -0.511. The zero-order valence-corrected chi connectivity index (χ0v) is 15.1. The number of aromatic nitrogens is 2. The van der Waals surface area contributed by atoms with Gasteiger partial charge in [0.05, 0.1) is 4.91 Å². The van der Waals surface area contributed by atoms with Crippen LogP contribution in [0, 0.1) is 0 Å². The summed E-state index contributed by atoms with van der Waals surface area (Å²) in [6, 6.07) is 8.97. The van der Waals surface area contributed by atoms with Crippen LogP contribution >= 0.6 is 35.7 Å². The minimum Gasteiger partial charge on any atom is -0.307 e. The van der Waals surface area contributed by atoms with Gasteiger partial charge in [-0.15, -0.1) is 0 Å². The second kappa shape index (κ2) is 6.85. The van der Waals surface area contributed by atoms with Crippen LogP contribution in [0.5, 0.6) is 0 Å². The molecular formula is C15H10F3N3OS3. The zero-order chi connectivity index (χ0) is 18.2. The number of nitrogens with zero attached hydrogens (tertiary/aromatic N) is 2. The van der Waals surface area contributed by atoms with Crippen LogP contribution in [-0.4, -0.2) is 20.0 Å². The van der Waals surface area contributed by atoms with E-state index >= 15 is 0 Å². The summed E-state index contributed by atoms with van der Waals surface area (Å²) in [6.45, 7) is 0. The van der Waals surface area contributed by atoms with Gasteiger partial charge in [-0.1, -0.05) is 53.9 Å². The Labute approximate surface area is 154 Å². The first-order valence-electron chi connectivity index (χ1n) is 6.87. The van der Waals surface area contributed by atoms with Gasteiger partial charge in [0.1, 0.15) is 9.35 Å². The number of nitrogens with one attached hydrogen (secondary N) is 1. The number of rotatable bonds is 3. The Balaban J connectivity index is 2.12. The number of aryl methyl sites for hydroxylation is 1. The number of halogens is 3. The molecule has 2 heterocycles. The van der Waals surface area contributed by atoms with E-state index in [9.17, 15) is 18.0 Å². The topological polar surface area (TPSA) is 46.9 Å². The Morgan fingerprint density at radius 2 is 2.00 bits per heavy atom. The lowest BCUT2D eigenvalue weighted by molar-refractivity contribution is -0.141. The van der Waals surface area contributed by atoms with E-state index in [2.05, 4.69) is 10.4 Å². The number of carbonyl (C=O) groups is 1. The lowest BCUT2D eigenvalue weighted by atomic mass is 10.2. The van der Waals surface area contributed by atoms with Crippen molar-refractivity contribution in [1.82, 2.24) is 15.1 Å². The van der Waals surface area contributed by atoms with Crippen LogP contribution in [-0.2, 0) is 18.0 Å². The molecule has 4 nitrogen and oxygen atoms in total. The summed E-state index contributed by atoms with van der Waals surface area (Å²) < 4.78 is 41.5. The van der Waals surface area contributed by atoms with Gasteiger partial charge in [-0.05, 0) is 18.2 Å². The van der Waals surface area contributed by atoms with Crippen molar-refractivity contribution >= 4 is 52.0 Å². The molecule has 1 fully saturated rings. The molecule has 1 amide bonds. The summed E-state index contributed by atoms with van der Waals surface area (Å²) in [4.78, 5) is 12.7. The summed E-state index contributed by atoms with van der Waals surface area (Å²) in [6.07, 6.45) is -3.44. The lowest BCUT2D eigenvalue weighted by Crippen LogP contribution is -2.17. The van der Waals surface area contributed by atoms with Crippen LogP contribution in [0.2, 0.25) is 0 Å². The Morgan fingerprint density at radius 3 is 2.56 bits per heavy atom. The monoisotopic (exact) mass is 401 g/mol. The molecule has 0 spiro atoms. The van der Waals surface area contributed by atoms with Gasteiger partial charge in [0.15, 0.2) is 5.69 Å². The molecule has 0 unspecified atom stereocenters. The zero-order valence-electron chi connectivity index (χ0n) is 12.6. The smallest absolute Gasteiger partial charge is 0.307 e. The Hall–Kier alpha value is -1.78. The fraction of sp³-hybridized carbons (Fsp3) is 0.133. The highest BCUT2D eigenvalue weighted by Crippen LogP contribution is 2.40. The van der Waals surface area contributed by atoms with Gasteiger partial charge in [0.25, 0.3) is 5.91 Å². The molecule has 1 aromatic carbocycles. The quantitative estimate of drug-likeness (QED) is 0.620. The summed E-state index contributed by atoms with van der Waals surface area (Å²) in [5.41, 5.74) is -1.18. The fourth-order valence-corrected chi connectivity index (χ4v) is 4.12. The fourth-order valence-electron chi connectivity index (χ4n) is 2.14. The second-order valence-electron chi connectivity index (χ2n) is 4.96. The number of thiocarbonyl (C=S) groups is 1. The van der Waals surface area contributed by atoms with Crippen molar-refractivity contribution in [1.29, 1.82) is 0 Å². The highest BCUT2D eigenvalue weighted by Gasteiger charge is 2.39. The molecule has 130 valence electrons. The number of amides is 1. The lowest BCUT2D eigenvalue weighted by Gasteiger charge is -2.06. The maximum Gasteiger partial charge on any atom is 0.435 e. The number of carbonyl (C=O) groups excluding carboxylic acids is 1. The molecule has 25 heavy (non-hydrogen) atoms. The Kier molecular flexibility index (Phi) is 4.94. The van der Waals surface area contributed by atoms with Crippen LogP contribution in [0.15, 0.2) is 45.2 Å². The molecule has 1 saturated heterocycles. The Bertz CT molecular complexity index is 875. The van der Waals surface area contributed by atoms with Gasteiger partial charge >= 0.3 is 6.18 Å². The SMILES string of the molecule is Cn1nc(C(F)(F)F)c(/C=C2\SC(=S)NC2=O)c1Sc1ccccc1. The van der Waals surface area contributed by atoms with Crippen molar-refractivity contribution < 1.29 is 18.0 Å². The van der Waals surface area contributed by atoms with E-state index in [1.54, 1.807) is 24.3 Å². The van der Waals surface area contributed by atoms with Gasteiger partial charge in [-0.25, -0.2) is 0 Å². The van der Waals surface area contributed by atoms with Crippen molar-refractivity contribution in [3.05, 3.63) is 46.5 Å². The maximum absolute atomic E-state index is 13.4. The molecule has 1 aliphatic rings. The first-order valence-corrected chi connectivity index (χ1v) is 8.92. The first-order chi connectivity index (χ1) is 11.8. The predicted octanol–water partition coefficient (Wildman–Crippen LogP) is 4.08. The number of thioether (sulfide) groups is 1. The van der Waals surface area contributed by atoms with Gasteiger partial charge in [0, 0.05) is 17.5 Å². The molecule has 0 radical (unpaired) electrons. The molecule has 2 aromatic rings. The van der Waals surface area contributed by atoms with Crippen molar-refractivity contribution in [3.8, 4) is 0 Å². The van der Waals surface area contributed by atoms with Crippen molar-refractivity contribution in [2.45, 2.75) is 16.1 Å². The maximum atomic E-state index is 13.4. The Morgan fingerprint density at radius 1 is 1.32 bits per heavy atom. The highest BCUT2D eigenvalue weighted by atomic mass is 32.2. The molecule has 10 heteroatoms. The first kappa shape index (κ1) is 18.0. The molecular weight excluding hydrogens is 391 g/mol. The van der Waals surface area contributed by atoms with Crippen LogP contribution in [0.1, 0.15) is 11.3 Å². The largest absolute Gasteiger partial charge is 0.435 e. The summed E-state index contributed by atoms with van der Waals surface area (Å²) in [7, 11) is 1.44. The van der Waals surface area contributed by atoms with Gasteiger partial charge < -0.3 is 5.32 Å². The molecule has 0 atom stereocenters. The van der Waals surface area contributed by atoms with E-state index in [0.717, 1.165) is 28.4 Å². The molecule has 3 rings (SSSR count). The van der Waals surface area contributed by atoms with Crippen LogP contribution in [0.25, 0.3) is 6.08 Å². The molecule has 1 aliphatic heterocycles. The summed E-state index contributed by atoms with van der Waals surface area (Å²) >= 11 is 6.96. The van der Waals surface area contributed by atoms with Gasteiger partial charge in [-0.3, -0.25) is 9.48 Å². The van der Waals surface area contributed by atoms with Crippen LogP contribution < -0.4 is 5.32 Å². The molecule has 1 aromatic heterocycles. The number of hydrogen-bond donors (Lipinski definition) is 1. The normalized spacial score (nSPS) is 16.6. The molecule has 0 bridgehead atoms. The third-order valence-electron chi connectivity index (χ3n) is 3.17. The van der Waals surface area contributed by atoms with Crippen LogP contribution in [0.3, 0.4) is 0 Å². The van der Waals surface area contributed by atoms with E-state index in [4.69, 9.17) is 12.2 Å². The van der Waals surface area contributed by atoms with Crippen molar-refractivity contribution in [2.75, 3.05) is 0 Å². The van der Waals surface area contributed by atoms with E-state index in [1.165, 1.54) is 17.8 Å². The minimum absolute atomic E-state index is 0.110. The van der Waals surface area contributed by atoms with E-state index < -0.39 is 17.8 Å². The molecule has 0 aliphatic carbocycles. The number of hydrogen-bond acceptors (Lipinski definition) is 5. The highest BCUT2D eigenvalue weighted by molar-refractivity contribution is 8.26.